The lowest BCUT2D eigenvalue weighted by atomic mass is 10.1. The van der Waals surface area contributed by atoms with Gasteiger partial charge in [0.05, 0.1) is 31.2 Å². The number of hydrogen-bond donors (Lipinski definition) is 2. The van der Waals surface area contributed by atoms with Crippen LogP contribution in [0.15, 0.2) is 42.5 Å². The lowest BCUT2D eigenvalue weighted by Crippen LogP contribution is -2.16. The molecule has 0 unspecified atom stereocenters. The Labute approximate surface area is 139 Å². The van der Waals surface area contributed by atoms with Crippen molar-refractivity contribution in [2.45, 2.75) is 5.75 Å². The van der Waals surface area contributed by atoms with Gasteiger partial charge in [-0.1, -0.05) is 30.3 Å². The van der Waals surface area contributed by atoms with Gasteiger partial charge in [0.25, 0.3) is 0 Å². The molecule has 8 heteroatoms. The first-order valence-electron chi connectivity index (χ1n) is 6.90. The van der Waals surface area contributed by atoms with E-state index in [0.29, 0.717) is 5.56 Å². The Kier molecular flexibility index (Phi) is 5.30. The Bertz CT molecular complexity index is 833. The second-order valence-electron chi connectivity index (χ2n) is 4.91. The summed E-state index contributed by atoms with van der Waals surface area (Å²) in [6.07, 6.45) is 0. The van der Waals surface area contributed by atoms with Crippen molar-refractivity contribution < 1.29 is 27.8 Å². The van der Waals surface area contributed by atoms with Gasteiger partial charge in [-0.3, -0.25) is 4.72 Å². The second-order valence-corrected chi connectivity index (χ2v) is 6.63. The molecule has 0 aliphatic rings. The van der Waals surface area contributed by atoms with Crippen molar-refractivity contribution in [1.82, 2.24) is 0 Å². The molecule has 0 saturated heterocycles. The van der Waals surface area contributed by atoms with Crippen molar-refractivity contribution in [3.63, 3.8) is 0 Å². The van der Waals surface area contributed by atoms with Crippen LogP contribution in [0.4, 0.5) is 5.69 Å². The van der Waals surface area contributed by atoms with E-state index in [1.54, 1.807) is 30.3 Å². The first-order valence-corrected chi connectivity index (χ1v) is 8.55. The first-order chi connectivity index (χ1) is 11.4. The zero-order valence-electron chi connectivity index (χ0n) is 13.1. The number of anilines is 1. The molecule has 0 spiro atoms. The van der Waals surface area contributed by atoms with Crippen molar-refractivity contribution in [1.29, 1.82) is 0 Å². The molecule has 0 saturated carbocycles. The molecule has 0 fully saturated rings. The average molecular weight is 351 g/mol. The number of hydrogen-bond acceptors (Lipinski definition) is 5. The maximum Gasteiger partial charge on any atom is 0.335 e. The smallest absolute Gasteiger partial charge is 0.335 e. The van der Waals surface area contributed by atoms with E-state index in [2.05, 4.69) is 4.72 Å². The number of aromatic carboxylic acids is 1. The number of ether oxygens (including phenoxy) is 2. The minimum Gasteiger partial charge on any atom is -0.493 e. The van der Waals surface area contributed by atoms with Crippen LogP contribution in [-0.4, -0.2) is 33.7 Å². The van der Waals surface area contributed by atoms with Crippen LogP contribution in [0.1, 0.15) is 15.9 Å². The van der Waals surface area contributed by atoms with Crippen LogP contribution in [0, 0.1) is 0 Å². The topological polar surface area (TPSA) is 102 Å². The molecule has 0 radical (unpaired) electrons. The number of sulfonamides is 1. The normalized spacial score (nSPS) is 10.9. The quantitative estimate of drug-likeness (QED) is 0.794. The summed E-state index contributed by atoms with van der Waals surface area (Å²) in [5.41, 5.74) is 0.487. The molecule has 0 bridgehead atoms. The fourth-order valence-corrected chi connectivity index (χ4v) is 3.35. The summed E-state index contributed by atoms with van der Waals surface area (Å²) in [5, 5.41) is 9.15. The third-order valence-electron chi connectivity index (χ3n) is 3.19. The van der Waals surface area contributed by atoms with Crippen molar-refractivity contribution in [2.75, 3.05) is 18.9 Å². The predicted molar refractivity (Wildman–Crippen MR) is 89.2 cm³/mol. The molecular weight excluding hydrogens is 334 g/mol. The van der Waals surface area contributed by atoms with E-state index in [-0.39, 0.29) is 28.5 Å². The summed E-state index contributed by atoms with van der Waals surface area (Å²) in [5.74, 6) is -1.23. The van der Waals surface area contributed by atoms with Crippen LogP contribution in [-0.2, 0) is 15.8 Å². The van der Waals surface area contributed by atoms with Gasteiger partial charge < -0.3 is 14.6 Å². The molecule has 0 aliphatic heterocycles. The van der Waals surface area contributed by atoms with Crippen LogP contribution in [0.3, 0.4) is 0 Å². The molecule has 2 aromatic carbocycles. The van der Waals surface area contributed by atoms with Gasteiger partial charge in [-0.2, -0.15) is 0 Å². The Morgan fingerprint density at radius 2 is 1.79 bits per heavy atom. The molecular formula is C16H17NO6S. The summed E-state index contributed by atoms with van der Waals surface area (Å²) < 4.78 is 37.3. The Hall–Kier alpha value is -2.74. The Balaban J connectivity index is 2.40. The molecule has 0 aromatic heterocycles. The first kappa shape index (κ1) is 17.6. The largest absolute Gasteiger partial charge is 0.493 e. The standard InChI is InChI=1S/C16H17NO6S/c1-22-14-9-12(16(18)19)8-13(15(14)23-2)17-24(20,21)10-11-6-4-3-5-7-11/h3-9,17H,10H2,1-2H3,(H,18,19). The molecule has 0 amide bonds. The van der Waals surface area contributed by atoms with Gasteiger partial charge in [0.15, 0.2) is 11.5 Å². The number of rotatable bonds is 7. The van der Waals surface area contributed by atoms with Gasteiger partial charge in [-0.25, -0.2) is 13.2 Å². The molecule has 2 N–H and O–H groups in total. The van der Waals surface area contributed by atoms with Gasteiger partial charge in [0.1, 0.15) is 0 Å². The molecule has 128 valence electrons. The van der Waals surface area contributed by atoms with Crippen molar-refractivity contribution in [2.24, 2.45) is 0 Å². The summed E-state index contributed by atoms with van der Waals surface area (Å²) >= 11 is 0. The van der Waals surface area contributed by atoms with Gasteiger partial charge >= 0.3 is 5.97 Å². The van der Waals surface area contributed by atoms with E-state index in [4.69, 9.17) is 14.6 Å². The van der Waals surface area contributed by atoms with Crippen LogP contribution in [0.25, 0.3) is 0 Å². The number of benzene rings is 2. The lowest BCUT2D eigenvalue weighted by molar-refractivity contribution is 0.0696. The maximum atomic E-state index is 12.4. The highest BCUT2D eigenvalue weighted by Crippen LogP contribution is 2.37. The zero-order chi connectivity index (χ0) is 17.7. The van der Waals surface area contributed by atoms with Crippen LogP contribution < -0.4 is 14.2 Å². The summed E-state index contributed by atoms with van der Waals surface area (Å²) in [6, 6.07) is 11.1. The number of nitrogens with one attached hydrogen (secondary N) is 1. The summed E-state index contributed by atoms with van der Waals surface area (Å²) in [4.78, 5) is 11.2. The van der Waals surface area contributed by atoms with E-state index in [9.17, 15) is 13.2 Å². The minimum atomic E-state index is -3.77. The summed E-state index contributed by atoms with van der Waals surface area (Å²) in [6.45, 7) is 0. The number of methoxy groups -OCH3 is 2. The van der Waals surface area contributed by atoms with E-state index < -0.39 is 16.0 Å². The highest BCUT2D eigenvalue weighted by atomic mass is 32.2. The van der Waals surface area contributed by atoms with Crippen molar-refractivity contribution in [3.05, 3.63) is 53.6 Å². The Morgan fingerprint density at radius 1 is 1.12 bits per heavy atom. The van der Waals surface area contributed by atoms with E-state index in [1.165, 1.54) is 26.4 Å². The van der Waals surface area contributed by atoms with Gasteiger partial charge in [-0.05, 0) is 17.7 Å². The van der Waals surface area contributed by atoms with Crippen LogP contribution in [0.2, 0.25) is 0 Å². The van der Waals surface area contributed by atoms with Gasteiger partial charge in [0.2, 0.25) is 10.0 Å². The van der Waals surface area contributed by atoms with E-state index in [0.717, 1.165) is 0 Å². The Morgan fingerprint density at radius 3 is 2.33 bits per heavy atom. The third-order valence-corrected chi connectivity index (χ3v) is 4.44. The number of carbonyl (C=O) groups is 1. The molecule has 0 heterocycles. The molecule has 24 heavy (non-hydrogen) atoms. The fourth-order valence-electron chi connectivity index (χ4n) is 2.16. The molecule has 7 nitrogen and oxygen atoms in total. The van der Waals surface area contributed by atoms with E-state index in [1.807, 2.05) is 0 Å². The molecule has 0 atom stereocenters. The monoisotopic (exact) mass is 351 g/mol. The average Bonchev–Trinajstić information content (AvgIpc) is 2.53. The number of carboxylic acid groups (broad SMARTS) is 1. The maximum absolute atomic E-state index is 12.4. The van der Waals surface area contributed by atoms with Crippen LogP contribution in [0.5, 0.6) is 11.5 Å². The summed E-state index contributed by atoms with van der Waals surface area (Å²) in [7, 11) is -1.09. The van der Waals surface area contributed by atoms with Gasteiger partial charge in [-0.15, -0.1) is 0 Å². The molecule has 2 rings (SSSR count). The zero-order valence-corrected chi connectivity index (χ0v) is 14.0. The number of carboxylic acids is 1. The van der Waals surface area contributed by atoms with E-state index >= 15 is 0 Å². The van der Waals surface area contributed by atoms with Crippen molar-refractivity contribution in [3.8, 4) is 11.5 Å². The predicted octanol–water partition coefficient (Wildman–Crippen LogP) is 2.34. The second kappa shape index (κ2) is 7.22. The molecule has 2 aromatic rings. The van der Waals surface area contributed by atoms with Gasteiger partial charge in [0, 0.05) is 0 Å². The molecule has 0 aliphatic carbocycles. The minimum absolute atomic E-state index is 0.00480. The highest BCUT2D eigenvalue weighted by Gasteiger charge is 2.20. The third kappa shape index (κ3) is 4.17. The fraction of sp³-hybridized carbons (Fsp3) is 0.188. The van der Waals surface area contributed by atoms with Crippen molar-refractivity contribution >= 4 is 21.7 Å². The lowest BCUT2D eigenvalue weighted by Gasteiger charge is -2.15. The SMILES string of the molecule is COc1cc(C(=O)O)cc(NS(=O)(=O)Cc2ccccc2)c1OC. The highest BCUT2D eigenvalue weighted by molar-refractivity contribution is 7.91. The van der Waals surface area contributed by atoms with Crippen LogP contribution >= 0.6 is 0 Å².